The van der Waals surface area contributed by atoms with Gasteiger partial charge in [-0.15, -0.1) is 0 Å². The van der Waals surface area contributed by atoms with Crippen molar-refractivity contribution in [3.8, 4) is 11.5 Å². The predicted molar refractivity (Wildman–Crippen MR) is 131 cm³/mol. The minimum Gasteiger partial charge on any atom is -0.507 e. The lowest BCUT2D eigenvalue weighted by Gasteiger charge is -2.35. The van der Waals surface area contributed by atoms with E-state index in [0.29, 0.717) is 16.9 Å². The number of hydrogen-bond donors (Lipinski definition) is 1. The molecule has 180 valence electrons. The van der Waals surface area contributed by atoms with Gasteiger partial charge in [-0.05, 0) is 63.4 Å². The number of aliphatic hydroxyl groups excluding tert-OH is 1. The number of para-hydroxylation sites is 1. The second-order valence-corrected chi connectivity index (χ2v) is 9.39. The average molecular weight is 464 g/mol. The van der Waals surface area contributed by atoms with Gasteiger partial charge in [-0.3, -0.25) is 9.59 Å². The van der Waals surface area contributed by atoms with Gasteiger partial charge in [-0.1, -0.05) is 37.5 Å². The van der Waals surface area contributed by atoms with Crippen molar-refractivity contribution in [2.45, 2.75) is 71.1 Å². The van der Waals surface area contributed by atoms with E-state index in [-0.39, 0.29) is 23.5 Å². The van der Waals surface area contributed by atoms with Gasteiger partial charge in [-0.25, -0.2) is 0 Å². The number of rotatable bonds is 6. The summed E-state index contributed by atoms with van der Waals surface area (Å²) in [6.45, 7) is 5.80. The van der Waals surface area contributed by atoms with E-state index in [9.17, 15) is 14.7 Å². The molecule has 4 rings (SSSR count). The molecule has 6 nitrogen and oxygen atoms in total. The number of methoxy groups -OCH3 is 1. The number of hydrogen-bond acceptors (Lipinski definition) is 5. The molecule has 0 radical (unpaired) electrons. The summed E-state index contributed by atoms with van der Waals surface area (Å²) in [6, 6.07) is 12.0. The van der Waals surface area contributed by atoms with Gasteiger partial charge >= 0.3 is 0 Å². The Morgan fingerprint density at radius 1 is 1.03 bits per heavy atom. The highest BCUT2D eigenvalue weighted by molar-refractivity contribution is 6.46. The van der Waals surface area contributed by atoms with E-state index < -0.39 is 17.7 Å². The van der Waals surface area contributed by atoms with Crippen molar-refractivity contribution >= 4 is 17.4 Å². The summed E-state index contributed by atoms with van der Waals surface area (Å²) in [5.41, 5.74) is 2.13. The van der Waals surface area contributed by atoms with Crippen LogP contribution in [0.25, 0.3) is 5.76 Å². The third-order valence-electron chi connectivity index (χ3n) is 6.69. The van der Waals surface area contributed by atoms with Crippen LogP contribution in [0.2, 0.25) is 0 Å². The molecule has 6 heteroatoms. The van der Waals surface area contributed by atoms with E-state index >= 15 is 0 Å². The third kappa shape index (κ3) is 4.41. The highest BCUT2D eigenvalue weighted by Crippen LogP contribution is 2.45. The van der Waals surface area contributed by atoms with Gasteiger partial charge < -0.3 is 19.5 Å². The van der Waals surface area contributed by atoms with Gasteiger partial charge in [0.15, 0.2) is 0 Å². The number of nitrogens with zero attached hydrogens (tertiary/aromatic N) is 1. The van der Waals surface area contributed by atoms with E-state index in [4.69, 9.17) is 9.47 Å². The lowest BCUT2D eigenvalue weighted by atomic mass is 9.90. The minimum absolute atomic E-state index is 0.0181. The van der Waals surface area contributed by atoms with Crippen molar-refractivity contribution in [3.63, 3.8) is 0 Å². The summed E-state index contributed by atoms with van der Waals surface area (Å²) in [5, 5.41) is 11.4. The fourth-order valence-corrected chi connectivity index (χ4v) is 5.12. The van der Waals surface area contributed by atoms with Gasteiger partial charge in [0.1, 0.15) is 17.3 Å². The Labute approximate surface area is 201 Å². The summed E-state index contributed by atoms with van der Waals surface area (Å²) >= 11 is 0. The number of ether oxygens (including phenoxy) is 2. The van der Waals surface area contributed by atoms with Crippen LogP contribution in [0.1, 0.15) is 68.7 Å². The molecule has 1 heterocycles. The normalized spacial score (nSPS) is 20.7. The van der Waals surface area contributed by atoms with Crippen LogP contribution < -0.4 is 9.47 Å². The van der Waals surface area contributed by atoms with E-state index in [1.807, 2.05) is 45.0 Å². The number of amides is 1. The van der Waals surface area contributed by atoms with Crippen molar-refractivity contribution in [1.82, 2.24) is 4.90 Å². The van der Waals surface area contributed by atoms with Crippen molar-refractivity contribution in [2.24, 2.45) is 0 Å². The van der Waals surface area contributed by atoms with Crippen LogP contribution in [0.4, 0.5) is 0 Å². The van der Waals surface area contributed by atoms with E-state index in [1.165, 1.54) is 0 Å². The molecule has 1 saturated carbocycles. The molecule has 34 heavy (non-hydrogen) atoms. The molecule has 2 fully saturated rings. The number of carbonyl (C=O) groups is 2. The lowest BCUT2D eigenvalue weighted by Crippen LogP contribution is -2.40. The first-order valence-corrected chi connectivity index (χ1v) is 12.0. The molecular formula is C28H33NO5. The van der Waals surface area contributed by atoms with E-state index in [2.05, 4.69) is 0 Å². The number of Topliss-reactive ketones (excluding diaryl/α,β-unsaturated/α-hetero) is 1. The molecule has 1 N–H and O–H groups in total. The van der Waals surface area contributed by atoms with E-state index in [0.717, 1.165) is 43.4 Å². The Morgan fingerprint density at radius 2 is 1.74 bits per heavy atom. The van der Waals surface area contributed by atoms with Crippen molar-refractivity contribution < 1.29 is 24.2 Å². The highest BCUT2D eigenvalue weighted by atomic mass is 16.5. The highest BCUT2D eigenvalue weighted by Gasteiger charge is 2.49. The molecule has 2 aliphatic rings. The minimum atomic E-state index is -0.703. The smallest absolute Gasteiger partial charge is 0.295 e. The third-order valence-corrected chi connectivity index (χ3v) is 6.69. The Bertz CT molecular complexity index is 1110. The van der Waals surface area contributed by atoms with Crippen LogP contribution in [0.5, 0.6) is 11.5 Å². The fraction of sp³-hybridized carbons (Fsp3) is 0.429. The van der Waals surface area contributed by atoms with E-state index in [1.54, 1.807) is 30.2 Å². The summed E-state index contributed by atoms with van der Waals surface area (Å²) in [6.07, 6.45) is 4.87. The Hall–Kier alpha value is -3.28. The molecule has 1 aliphatic carbocycles. The van der Waals surface area contributed by atoms with Gasteiger partial charge in [0.2, 0.25) is 0 Å². The molecule has 0 bridgehead atoms. The summed E-state index contributed by atoms with van der Waals surface area (Å²) in [5.74, 6) is -0.0831. The molecule has 1 unspecified atom stereocenters. The van der Waals surface area contributed by atoms with Gasteiger partial charge in [0, 0.05) is 17.2 Å². The number of aliphatic hydroxyl groups is 1. The first kappa shape index (κ1) is 23.9. The zero-order chi connectivity index (χ0) is 24.4. The quantitative estimate of drug-likeness (QED) is 0.346. The summed E-state index contributed by atoms with van der Waals surface area (Å²) in [7, 11) is 1.57. The standard InChI is InChI=1S/C28H33NO5/c1-17(2)34-22-15-14-19(16-18(22)3)26(30)24-25(21-12-8-9-13-23(21)33-4)29(28(32)27(24)31)20-10-6-5-7-11-20/h8-9,12-17,20,25,30H,5-7,10-11H2,1-4H3/b26-24+. The lowest BCUT2D eigenvalue weighted by molar-refractivity contribution is -0.141. The van der Waals surface area contributed by atoms with Gasteiger partial charge in [0.25, 0.3) is 11.7 Å². The number of carbonyl (C=O) groups excluding carboxylic acids is 2. The first-order chi connectivity index (χ1) is 16.3. The van der Waals surface area contributed by atoms with Crippen LogP contribution in [-0.2, 0) is 9.59 Å². The fourth-order valence-electron chi connectivity index (χ4n) is 5.12. The predicted octanol–water partition coefficient (Wildman–Crippen LogP) is 5.55. The first-order valence-electron chi connectivity index (χ1n) is 12.0. The number of benzene rings is 2. The number of likely N-dealkylation sites (tertiary alicyclic amines) is 1. The largest absolute Gasteiger partial charge is 0.507 e. The second kappa shape index (κ2) is 9.92. The Morgan fingerprint density at radius 3 is 2.38 bits per heavy atom. The molecule has 1 aliphatic heterocycles. The second-order valence-electron chi connectivity index (χ2n) is 9.39. The molecule has 1 saturated heterocycles. The SMILES string of the molecule is COc1ccccc1C1/C(=C(\O)c2ccc(OC(C)C)c(C)c2)C(=O)C(=O)N1C1CCCCC1. The van der Waals surface area contributed by atoms with Gasteiger partial charge in [-0.2, -0.15) is 0 Å². The Kier molecular flexibility index (Phi) is 6.96. The molecule has 2 aromatic rings. The van der Waals surface area contributed by atoms with Crippen LogP contribution in [0, 0.1) is 6.92 Å². The van der Waals surface area contributed by atoms with Gasteiger partial charge in [0.05, 0.1) is 24.8 Å². The van der Waals surface area contributed by atoms with Crippen LogP contribution >= 0.6 is 0 Å². The zero-order valence-corrected chi connectivity index (χ0v) is 20.3. The van der Waals surface area contributed by atoms with Crippen molar-refractivity contribution in [2.75, 3.05) is 7.11 Å². The summed E-state index contributed by atoms with van der Waals surface area (Å²) < 4.78 is 11.4. The van der Waals surface area contributed by atoms with Crippen LogP contribution in [0.15, 0.2) is 48.0 Å². The maximum atomic E-state index is 13.4. The van der Waals surface area contributed by atoms with Crippen LogP contribution in [-0.4, -0.2) is 41.0 Å². The zero-order valence-electron chi connectivity index (χ0n) is 20.3. The molecular weight excluding hydrogens is 430 g/mol. The maximum Gasteiger partial charge on any atom is 0.295 e. The molecule has 0 spiro atoms. The monoisotopic (exact) mass is 463 g/mol. The topological polar surface area (TPSA) is 76.1 Å². The van der Waals surface area contributed by atoms with Crippen molar-refractivity contribution in [3.05, 3.63) is 64.7 Å². The molecule has 2 aromatic carbocycles. The molecule has 1 atom stereocenters. The van der Waals surface area contributed by atoms with Crippen LogP contribution in [0.3, 0.4) is 0 Å². The van der Waals surface area contributed by atoms with Crippen molar-refractivity contribution in [1.29, 1.82) is 0 Å². The number of aryl methyl sites for hydroxylation is 1. The average Bonchev–Trinajstić information content (AvgIpc) is 3.10. The Balaban J connectivity index is 1.86. The maximum absolute atomic E-state index is 13.4. The molecule has 0 aromatic heterocycles. The molecule has 1 amide bonds. The summed E-state index contributed by atoms with van der Waals surface area (Å²) in [4.78, 5) is 28.4. The number of ketones is 1.